The van der Waals surface area contributed by atoms with Crippen molar-refractivity contribution < 1.29 is 68.3 Å². The number of aliphatic hydroxyl groups excluding tert-OH is 1. The fraction of sp³-hybridized carbons (Fsp3) is 0.736. The van der Waals surface area contributed by atoms with Crippen LogP contribution in [-0.4, -0.2) is 132 Å². The van der Waals surface area contributed by atoms with Gasteiger partial charge in [0, 0.05) is 49.6 Å². The molecule has 4 saturated carbocycles. The number of unbranched alkanes of at least 4 members (excludes halogenated alkanes) is 1. The summed E-state index contributed by atoms with van der Waals surface area (Å²) in [7, 11) is 0. The van der Waals surface area contributed by atoms with Gasteiger partial charge in [-0.2, -0.15) is 0 Å². The summed E-state index contributed by atoms with van der Waals surface area (Å²) in [6, 6.07) is 3.79. The van der Waals surface area contributed by atoms with Gasteiger partial charge >= 0.3 is 11.9 Å². The van der Waals surface area contributed by atoms with Gasteiger partial charge in [-0.05, 0) is 162 Å². The standard InChI is InChI=1S/C52H82N6O12.CH2O2/c1-33(56-45(61)12-8-10-36-17-21-39-38-20-16-35-9-4-6-25-51(35,2)40(38)31-43(59)52(36,39)3)13-23-46(62)57-42(50(67)68)22-24-44(60)54-27-28-69-29-30-70-32-47(63)58-41(49(65)66)11-5-7-26-55-48(64)34-14-18-37(53)19-15-34;2-1-3/h14-15,18-19,33,35-36,38-43,59H,4-13,16-17,20-32,53H2,1-3H3,(H,54,60)(H,55,64)(H,56,61)(H,57,62)(H,58,63)(H,65,66)(H,67,68);1H,(H,2,3)/t33-,35?,36?,38?,39?,40?,41?,42?,43+,51?,52?;/m1./s1. The molecule has 4 aliphatic carbocycles. The van der Waals surface area contributed by atoms with Crippen LogP contribution in [0.5, 0.6) is 0 Å². The van der Waals surface area contributed by atoms with Crippen molar-refractivity contribution in [2.45, 2.75) is 167 Å². The summed E-state index contributed by atoms with van der Waals surface area (Å²) in [5.74, 6) is -1.24. The molecular formula is C53H84N6O14. The first-order valence-electron chi connectivity index (χ1n) is 26.5. The third kappa shape index (κ3) is 18.2. The van der Waals surface area contributed by atoms with Gasteiger partial charge in [-0.25, -0.2) is 9.59 Å². The summed E-state index contributed by atoms with van der Waals surface area (Å²) in [4.78, 5) is 94.4. The highest BCUT2D eigenvalue weighted by atomic mass is 16.5. The smallest absolute Gasteiger partial charge is 0.326 e. The summed E-state index contributed by atoms with van der Waals surface area (Å²) < 4.78 is 10.7. The largest absolute Gasteiger partial charge is 0.483 e. The molecule has 20 heteroatoms. The quantitative estimate of drug-likeness (QED) is 0.0302. The zero-order valence-corrected chi connectivity index (χ0v) is 43.2. The summed E-state index contributed by atoms with van der Waals surface area (Å²) in [5, 5.41) is 51.2. The van der Waals surface area contributed by atoms with E-state index in [0.717, 1.165) is 31.6 Å². The van der Waals surface area contributed by atoms with E-state index in [1.54, 1.807) is 24.3 Å². The number of carbonyl (C=O) groups excluding carboxylic acids is 5. The molecule has 1 aromatic rings. The van der Waals surface area contributed by atoms with Crippen LogP contribution in [0, 0.1) is 40.4 Å². The van der Waals surface area contributed by atoms with Crippen molar-refractivity contribution in [2.75, 3.05) is 45.3 Å². The van der Waals surface area contributed by atoms with Gasteiger partial charge in [0.15, 0.2) is 0 Å². The first-order chi connectivity index (χ1) is 34.8. The SMILES string of the molecule is C[C@H](CCC(=O)NC(CCC(=O)NCCOCCOCC(=O)NC(CCCCNC(=O)c1ccc(N)cc1)C(=O)O)C(=O)O)NC(=O)CCCC1CCC2C3CCC4CCCCC4(C)C3C[C@H](O)C12C.O=CO. The van der Waals surface area contributed by atoms with Crippen LogP contribution >= 0.6 is 0 Å². The Labute approximate surface area is 429 Å². The third-order valence-electron chi connectivity index (χ3n) is 16.5. The highest BCUT2D eigenvalue weighted by molar-refractivity contribution is 5.94. The van der Waals surface area contributed by atoms with E-state index in [-0.39, 0.29) is 94.5 Å². The number of fused-ring (bicyclic) bond motifs is 5. The number of carbonyl (C=O) groups is 8. The van der Waals surface area contributed by atoms with Gasteiger partial charge in [-0.1, -0.05) is 26.7 Å². The molecule has 20 nitrogen and oxygen atoms in total. The van der Waals surface area contributed by atoms with Crippen LogP contribution in [-0.2, 0) is 43.0 Å². The molecular weight excluding hydrogens is 945 g/mol. The zero-order valence-electron chi connectivity index (χ0n) is 43.2. The normalized spacial score (nSPS) is 26.1. The van der Waals surface area contributed by atoms with Crippen LogP contribution in [0.4, 0.5) is 5.69 Å². The molecule has 0 radical (unpaired) electrons. The van der Waals surface area contributed by atoms with E-state index in [9.17, 15) is 48.9 Å². The van der Waals surface area contributed by atoms with Crippen LogP contribution in [0.25, 0.3) is 0 Å². The molecule has 0 aliphatic heterocycles. The Balaban J connectivity index is 0.00000375. The number of nitrogen functional groups attached to an aromatic ring is 1. The van der Waals surface area contributed by atoms with Gasteiger partial charge in [0.1, 0.15) is 18.7 Å². The number of hydrogen-bond acceptors (Lipinski definition) is 12. The highest BCUT2D eigenvalue weighted by Gasteiger charge is 2.62. The first kappa shape index (κ1) is 60.2. The second-order valence-corrected chi connectivity index (χ2v) is 21.1. The van der Waals surface area contributed by atoms with Crippen molar-refractivity contribution in [3.05, 3.63) is 29.8 Å². The van der Waals surface area contributed by atoms with Crippen molar-refractivity contribution in [1.29, 1.82) is 0 Å². The molecule has 1 aromatic carbocycles. The number of carboxylic acids is 2. The van der Waals surface area contributed by atoms with E-state index >= 15 is 0 Å². The Morgan fingerprint density at radius 2 is 1.38 bits per heavy atom. The maximum Gasteiger partial charge on any atom is 0.326 e. The second-order valence-electron chi connectivity index (χ2n) is 21.1. The van der Waals surface area contributed by atoms with E-state index in [4.69, 9.17) is 25.1 Å². The number of anilines is 1. The number of nitrogens with one attached hydrogen (secondary N) is 5. The molecule has 5 amide bonds. The number of carboxylic acid groups (broad SMARTS) is 3. The number of hydrogen-bond donors (Lipinski definition) is 10. The molecule has 4 aliphatic rings. The van der Waals surface area contributed by atoms with Crippen LogP contribution in [0.1, 0.15) is 153 Å². The highest BCUT2D eigenvalue weighted by Crippen LogP contribution is 2.68. The number of benzene rings is 1. The van der Waals surface area contributed by atoms with Crippen molar-refractivity contribution in [2.24, 2.45) is 40.4 Å². The fourth-order valence-corrected chi connectivity index (χ4v) is 12.6. The fourth-order valence-electron chi connectivity index (χ4n) is 12.6. The van der Waals surface area contributed by atoms with Crippen molar-refractivity contribution in [3.63, 3.8) is 0 Å². The van der Waals surface area contributed by atoms with E-state index in [1.165, 1.54) is 44.9 Å². The van der Waals surface area contributed by atoms with E-state index < -0.39 is 41.7 Å². The van der Waals surface area contributed by atoms with Crippen molar-refractivity contribution in [3.8, 4) is 0 Å². The van der Waals surface area contributed by atoms with E-state index in [0.29, 0.717) is 72.6 Å². The van der Waals surface area contributed by atoms with E-state index in [2.05, 4.69) is 40.4 Å². The predicted molar refractivity (Wildman–Crippen MR) is 271 cm³/mol. The Morgan fingerprint density at radius 3 is 2.10 bits per heavy atom. The Bertz CT molecular complexity index is 1970. The minimum Gasteiger partial charge on any atom is -0.483 e. The van der Waals surface area contributed by atoms with Gasteiger partial charge in [0.05, 0.1) is 25.9 Å². The number of aliphatic carboxylic acids is 2. The topological polar surface area (TPSA) is 322 Å². The molecule has 4 fully saturated rings. The molecule has 410 valence electrons. The summed E-state index contributed by atoms with van der Waals surface area (Å²) in [5.41, 5.74) is 6.91. The summed E-state index contributed by atoms with van der Waals surface area (Å²) >= 11 is 0. The average molecular weight is 1030 g/mol. The van der Waals surface area contributed by atoms with E-state index in [1.807, 2.05) is 6.92 Å². The van der Waals surface area contributed by atoms with Gasteiger partial charge < -0.3 is 62.2 Å². The van der Waals surface area contributed by atoms with Gasteiger partial charge in [0.25, 0.3) is 12.4 Å². The molecule has 0 aromatic heterocycles. The molecule has 11 atom stereocenters. The monoisotopic (exact) mass is 1030 g/mol. The lowest BCUT2D eigenvalue weighted by Crippen LogP contribution is -2.57. The van der Waals surface area contributed by atoms with Crippen LogP contribution in [0.15, 0.2) is 24.3 Å². The van der Waals surface area contributed by atoms with Crippen LogP contribution in [0.2, 0.25) is 0 Å². The maximum absolute atomic E-state index is 12.9. The summed E-state index contributed by atoms with van der Waals surface area (Å²) in [6.45, 7) is 6.75. The Hall–Kier alpha value is -5.34. The van der Waals surface area contributed by atoms with Crippen LogP contribution < -0.4 is 32.3 Å². The third-order valence-corrected chi connectivity index (χ3v) is 16.5. The Kier molecular flexibility index (Phi) is 24.9. The molecule has 73 heavy (non-hydrogen) atoms. The lowest BCUT2D eigenvalue weighted by Gasteiger charge is -2.62. The van der Waals surface area contributed by atoms with Gasteiger partial charge in [0.2, 0.25) is 23.6 Å². The minimum atomic E-state index is -1.27. The lowest BCUT2D eigenvalue weighted by molar-refractivity contribution is -0.164. The predicted octanol–water partition coefficient (Wildman–Crippen LogP) is 4.41. The Morgan fingerprint density at radius 1 is 0.726 bits per heavy atom. The number of nitrogens with two attached hydrogens (primary N) is 1. The molecule has 0 bridgehead atoms. The summed E-state index contributed by atoms with van der Waals surface area (Å²) in [6.07, 6.45) is 14.1. The number of aliphatic hydroxyl groups is 1. The molecule has 9 unspecified atom stereocenters. The maximum atomic E-state index is 12.9. The van der Waals surface area contributed by atoms with Crippen molar-refractivity contribution >= 4 is 53.6 Å². The first-order valence-corrected chi connectivity index (χ1v) is 26.5. The minimum absolute atomic E-state index is 0.00421. The number of rotatable bonds is 29. The second kappa shape index (κ2) is 30.1. The molecule has 5 rings (SSSR count). The van der Waals surface area contributed by atoms with Crippen LogP contribution in [0.3, 0.4) is 0 Å². The van der Waals surface area contributed by atoms with Gasteiger partial charge in [-0.3, -0.25) is 28.8 Å². The van der Waals surface area contributed by atoms with Gasteiger partial charge in [-0.15, -0.1) is 0 Å². The number of ether oxygens (including phenoxy) is 2. The van der Waals surface area contributed by atoms with Crippen molar-refractivity contribution in [1.82, 2.24) is 26.6 Å². The average Bonchev–Trinajstić information content (AvgIpc) is 3.69. The molecule has 11 N–H and O–H groups in total. The number of amides is 5. The zero-order chi connectivity index (χ0) is 53.6. The molecule has 0 heterocycles. The lowest BCUT2D eigenvalue weighted by atomic mass is 9.44. The molecule has 0 saturated heterocycles. The molecule has 0 spiro atoms.